The van der Waals surface area contributed by atoms with Gasteiger partial charge in [-0.05, 0) is 32.2 Å². The summed E-state index contributed by atoms with van der Waals surface area (Å²) in [4.78, 5) is 14.0. The molecule has 2 unspecified atom stereocenters. The highest BCUT2D eigenvalue weighted by molar-refractivity contribution is 6.33. The number of aromatic nitrogens is 2. The molecule has 2 N–H and O–H groups in total. The van der Waals surface area contributed by atoms with E-state index in [9.17, 15) is 4.79 Å². The van der Waals surface area contributed by atoms with E-state index in [1.165, 1.54) is 4.68 Å². The summed E-state index contributed by atoms with van der Waals surface area (Å²) in [7, 11) is 1.60. The van der Waals surface area contributed by atoms with Gasteiger partial charge in [-0.15, -0.1) is 0 Å². The average molecular weight is 271 g/mol. The Morgan fingerprint density at radius 1 is 1.56 bits per heavy atom. The quantitative estimate of drug-likeness (QED) is 0.871. The van der Waals surface area contributed by atoms with Gasteiger partial charge in [0, 0.05) is 19.6 Å². The first kappa shape index (κ1) is 13.4. The monoisotopic (exact) mass is 270 g/mol. The van der Waals surface area contributed by atoms with Crippen molar-refractivity contribution in [1.29, 1.82) is 0 Å². The summed E-state index contributed by atoms with van der Waals surface area (Å²) in [6.45, 7) is 3.64. The minimum atomic E-state index is -0.253. The summed E-state index contributed by atoms with van der Waals surface area (Å²) >= 11 is 6.14. The van der Waals surface area contributed by atoms with Gasteiger partial charge >= 0.3 is 0 Å². The van der Waals surface area contributed by atoms with Gasteiger partial charge in [-0.25, -0.2) is 4.68 Å². The molecule has 0 aliphatic carbocycles. The van der Waals surface area contributed by atoms with Gasteiger partial charge in [-0.2, -0.15) is 5.10 Å². The summed E-state index contributed by atoms with van der Waals surface area (Å²) in [6.07, 6.45) is 3.86. The fraction of sp³-hybridized carbons (Fsp3) is 0.667. The first-order chi connectivity index (χ1) is 8.54. The number of anilines is 1. The molecule has 0 bridgehead atoms. The molecule has 1 aliphatic heterocycles. The highest BCUT2D eigenvalue weighted by Crippen LogP contribution is 2.30. The van der Waals surface area contributed by atoms with Gasteiger partial charge in [-0.1, -0.05) is 11.6 Å². The summed E-state index contributed by atoms with van der Waals surface area (Å²) < 4.78 is 1.25. The molecule has 1 aliphatic rings. The van der Waals surface area contributed by atoms with Crippen LogP contribution >= 0.6 is 11.6 Å². The Hall–Kier alpha value is -1.07. The third-order valence-corrected chi connectivity index (χ3v) is 4.04. The number of rotatable bonds is 2. The lowest BCUT2D eigenvalue weighted by Gasteiger charge is -2.39. The topological polar surface area (TPSA) is 64.2 Å². The molecule has 1 aromatic heterocycles. The number of piperidine rings is 1. The van der Waals surface area contributed by atoms with Gasteiger partial charge < -0.3 is 10.6 Å². The van der Waals surface area contributed by atoms with E-state index >= 15 is 0 Å². The molecule has 1 fully saturated rings. The summed E-state index contributed by atoms with van der Waals surface area (Å²) in [5, 5.41) is 4.29. The molecule has 2 rings (SSSR count). The van der Waals surface area contributed by atoms with Crippen molar-refractivity contribution in [2.75, 3.05) is 18.0 Å². The van der Waals surface area contributed by atoms with Crippen LogP contribution in [0.15, 0.2) is 11.0 Å². The van der Waals surface area contributed by atoms with Crippen molar-refractivity contribution in [3.63, 3.8) is 0 Å². The molecule has 6 heteroatoms. The Bertz CT molecular complexity index is 487. The molecular formula is C12H19ClN4O. The standard InChI is InChI=1S/C12H19ClN4O/c1-8-3-4-9(5-14)7-17(8)10-6-15-16(2)12(18)11(10)13/h6,8-9H,3-5,7,14H2,1-2H3. The maximum Gasteiger partial charge on any atom is 0.287 e. The van der Waals surface area contributed by atoms with Gasteiger partial charge in [0.2, 0.25) is 0 Å². The van der Waals surface area contributed by atoms with Gasteiger partial charge in [0.05, 0.1) is 11.9 Å². The van der Waals surface area contributed by atoms with E-state index in [1.807, 2.05) is 0 Å². The second kappa shape index (κ2) is 5.28. The van der Waals surface area contributed by atoms with Gasteiger partial charge in [-0.3, -0.25) is 4.79 Å². The predicted molar refractivity (Wildman–Crippen MR) is 73.1 cm³/mol. The molecule has 0 saturated carbocycles. The molecule has 0 amide bonds. The molecule has 0 aromatic carbocycles. The van der Waals surface area contributed by atoms with Crippen molar-refractivity contribution >= 4 is 17.3 Å². The normalized spacial score (nSPS) is 24.3. The second-order valence-electron chi connectivity index (χ2n) is 4.95. The van der Waals surface area contributed by atoms with Crippen molar-refractivity contribution < 1.29 is 0 Å². The zero-order valence-corrected chi connectivity index (χ0v) is 11.5. The van der Waals surface area contributed by atoms with Crippen LogP contribution in [0.2, 0.25) is 5.02 Å². The fourth-order valence-corrected chi connectivity index (χ4v) is 2.69. The van der Waals surface area contributed by atoms with Crippen molar-refractivity contribution in [3.8, 4) is 0 Å². The average Bonchev–Trinajstić information content (AvgIpc) is 2.37. The van der Waals surface area contributed by atoms with Crippen LogP contribution in [-0.2, 0) is 7.05 Å². The Morgan fingerprint density at radius 2 is 2.28 bits per heavy atom. The third kappa shape index (κ3) is 2.37. The van der Waals surface area contributed by atoms with E-state index in [0.717, 1.165) is 25.1 Å². The number of hydrogen-bond donors (Lipinski definition) is 1. The highest BCUT2D eigenvalue weighted by atomic mass is 35.5. The van der Waals surface area contributed by atoms with E-state index in [4.69, 9.17) is 17.3 Å². The van der Waals surface area contributed by atoms with E-state index in [-0.39, 0.29) is 10.6 Å². The van der Waals surface area contributed by atoms with Crippen molar-refractivity contribution in [2.24, 2.45) is 18.7 Å². The molecule has 0 radical (unpaired) electrons. The van der Waals surface area contributed by atoms with Crippen LogP contribution in [0.1, 0.15) is 19.8 Å². The fourth-order valence-electron chi connectivity index (χ4n) is 2.41. The van der Waals surface area contributed by atoms with E-state index in [2.05, 4.69) is 16.9 Å². The van der Waals surface area contributed by atoms with Gasteiger partial charge in [0.15, 0.2) is 0 Å². The Labute approximate surface area is 112 Å². The number of nitrogens with zero attached hydrogens (tertiary/aromatic N) is 3. The van der Waals surface area contributed by atoms with Crippen LogP contribution in [0.25, 0.3) is 0 Å². The zero-order chi connectivity index (χ0) is 13.3. The number of aryl methyl sites for hydroxylation is 1. The number of hydrogen-bond acceptors (Lipinski definition) is 4. The van der Waals surface area contributed by atoms with Crippen molar-refractivity contribution in [3.05, 3.63) is 21.6 Å². The first-order valence-electron chi connectivity index (χ1n) is 6.23. The molecule has 18 heavy (non-hydrogen) atoms. The molecular weight excluding hydrogens is 252 g/mol. The summed E-state index contributed by atoms with van der Waals surface area (Å²) in [5.41, 5.74) is 6.21. The Balaban J connectivity index is 2.35. The van der Waals surface area contributed by atoms with Crippen molar-refractivity contribution in [1.82, 2.24) is 9.78 Å². The number of halogens is 1. The lowest BCUT2D eigenvalue weighted by molar-refractivity contribution is 0.373. The maximum atomic E-state index is 11.8. The minimum absolute atomic E-state index is 0.247. The third-order valence-electron chi connectivity index (χ3n) is 3.68. The highest BCUT2D eigenvalue weighted by Gasteiger charge is 2.27. The van der Waals surface area contributed by atoms with E-state index in [1.54, 1.807) is 13.2 Å². The van der Waals surface area contributed by atoms with Crippen LogP contribution in [0.4, 0.5) is 5.69 Å². The van der Waals surface area contributed by atoms with Crippen molar-refractivity contribution in [2.45, 2.75) is 25.8 Å². The Morgan fingerprint density at radius 3 is 2.94 bits per heavy atom. The lowest BCUT2D eigenvalue weighted by atomic mass is 9.93. The van der Waals surface area contributed by atoms with Crippen LogP contribution in [0.3, 0.4) is 0 Å². The molecule has 100 valence electrons. The van der Waals surface area contributed by atoms with E-state index < -0.39 is 0 Å². The predicted octanol–water partition coefficient (Wildman–Crippen LogP) is 0.997. The van der Waals surface area contributed by atoms with Gasteiger partial charge in [0.25, 0.3) is 5.56 Å². The van der Waals surface area contributed by atoms with Crippen LogP contribution in [0, 0.1) is 5.92 Å². The van der Waals surface area contributed by atoms with E-state index in [0.29, 0.717) is 18.5 Å². The molecule has 1 saturated heterocycles. The van der Waals surface area contributed by atoms with Crippen LogP contribution < -0.4 is 16.2 Å². The lowest BCUT2D eigenvalue weighted by Crippen LogP contribution is -2.44. The minimum Gasteiger partial charge on any atom is -0.366 e. The molecule has 0 spiro atoms. The summed E-state index contributed by atoms with van der Waals surface area (Å²) in [5.74, 6) is 0.460. The smallest absolute Gasteiger partial charge is 0.287 e. The second-order valence-corrected chi connectivity index (χ2v) is 5.33. The Kier molecular flexibility index (Phi) is 3.92. The zero-order valence-electron chi connectivity index (χ0n) is 10.8. The SMILES string of the molecule is CC1CCC(CN)CN1c1cnn(C)c(=O)c1Cl. The van der Waals surface area contributed by atoms with Gasteiger partial charge in [0.1, 0.15) is 5.02 Å². The molecule has 1 aromatic rings. The summed E-state index contributed by atoms with van der Waals surface area (Å²) in [6, 6.07) is 0.360. The van der Waals surface area contributed by atoms with Crippen LogP contribution in [0.5, 0.6) is 0 Å². The maximum absolute atomic E-state index is 11.8. The molecule has 5 nitrogen and oxygen atoms in total. The largest absolute Gasteiger partial charge is 0.366 e. The molecule has 2 atom stereocenters. The van der Waals surface area contributed by atoms with Crippen LogP contribution in [-0.4, -0.2) is 28.9 Å². The number of nitrogens with two attached hydrogens (primary N) is 1. The first-order valence-corrected chi connectivity index (χ1v) is 6.61. The molecule has 2 heterocycles.